The van der Waals surface area contributed by atoms with Crippen molar-refractivity contribution < 1.29 is 18.1 Å². The van der Waals surface area contributed by atoms with E-state index in [0.29, 0.717) is 35.2 Å². The van der Waals surface area contributed by atoms with E-state index in [1.807, 2.05) is 97.2 Å². The Morgan fingerprint density at radius 3 is 0.831 bits per heavy atom. The van der Waals surface area contributed by atoms with Crippen LogP contribution in [0.5, 0.6) is 0 Å². The monoisotopic (exact) mass is 956 g/mol. The third kappa shape index (κ3) is 25.4. The second-order valence-electron chi connectivity index (χ2n) is 13.3. The second kappa shape index (κ2) is 29.8. The second-order valence-corrected chi connectivity index (χ2v) is 16.6. The van der Waals surface area contributed by atoms with Gasteiger partial charge >= 0.3 is 0 Å². The van der Waals surface area contributed by atoms with Crippen molar-refractivity contribution >= 4 is 34.4 Å². The van der Waals surface area contributed by atoms with Crippen LogP contribution in [0.4, 0.5) is 0 Å². The normalized spacial score (nSPS) is 9.54. The van der Waals surface area contributed by atoms with Crippen molar-refractivity contribution in [1.82, 2.24) is 99.7 Å². The lowest BCUT2D eigenvalue weighted by molar-refractivity contribution is 0.302. The maximum atomic E-state index is 4.86. The molecule has 0 aromatic carbocycles. The van der Waals surface area contributed by atoms with Gasteiger partial charge in [0.05, 0.1) is 22.8 Å². The Bertz CT molecular complexity index is 2130. The molecule has 24 nitrogen and oxygen atoms in total. The Hall–Kier alpha value is -6.48. The molecule has 9 heterocycles. The molecule has 0 radical (unpaired) electrons. The quantitative estimate of drug-likeness (QED) is 0.147. The molecule has 65 heavy (non-hydrogen) atoms. The number of rotatable bonds is 0. The highest BCUT2D eigenvalue weighted by Crippen LogP contribution is 2.04. The Kier molecular flexibility index (Phi) is 25.9. The number of aromatic nitrogens is 20. The summed E-state index contributed by atoms with van der Waals surface area (Å²) in [5, 5.41) is 48.3. The van der Waals surface area contributed by atoms with Crippen molar-refractivity contribution in [1.29, 1.82) is 0 Å². The number of nitrogens with zero attached hydrogens (tertiary/aromatic N) is 20. The maximum absolute atomic E-state index is 4.86. The standard InChI is InChI=1S/2C5H9N3.4C4H6N2O.3C4H6N2S/c2*1-4-5(2)8(3)7-6-4;1-3-5-6-4(2)7-3;2*1-3-5-4(2)7-6-3;1-3-4(2)6-7-5-3;1-3-5-6-4(2)7-3;2*1-3-5-4(2)7-6-3/h2*1-3H3;7*1-2H3. The average Bonchev–Trinajstić information content (AvgIpc) is 4.16. The average molecular weight is 957 g/mol. The first kappa shape index (κ1) is 56.5. The predicted molar refractivity (Wildman–Crippen MR) is 244 cm³/mol. The van der Waals surface area contributed by atoms with Crippen LogP contribution >= 0.6 is 34.4 Å². The molecule has 0 aliphatic heterocycles. The highest BCUT2D eigenvalue weighted by Gasteiger charge is 1.98. The summed E-state index contributed by atoms with van der Waals surface area (Å²) in [6.07, 6.45) is 0. The van der Waals surface area contributed by atoms with Gasteiger partial charge in [-0.2, -0.15) is 18.7 Å². The van der Waals surface area contributed by atoms with Gasteiger partial charge < -0.3 is 13.5 Å². The molecule has 354 valence electrons. The van der Waals surface area contributed by atoms with E-state index in [0.717, 1.165) is 65.8 Å². The summed E-state index contributed by atoms with van der Waals surface area (Å²) >= 11 is 4.51. The van der Waals surface area contributed by atoms with Gasteiger partial charge in [-0.15, -0.1) is 41.9 Å². The zero-order valence-corrected chi connectivity index (χ0v) is 43.3. The Balaban J connectivity index is 0.000000366. The first-order chi connectivity index (χ1) is 30.5. The van der Waals surface area contributed by atoms with Gasteiger partial charge in [0, 0.05) is 41.8 Å². The van der Waals surface area contributed by atoms with Crippen LogP contribution in [0.2, 0.25) is 0 Å². The smallest absolute Gasteiger partial charge is 0.223 e. The fourth-order valence-corrected chi connectivity index (χ4v) is 5.23. The van der Waals surface area contributed by atoms with Gasteiger partial charge in [-0.1, -0.05) is 31.1 Å². The molecule has 0 unspecified atom stereocenters. The summed E-state index contributed by atoms with van der Waals surface area (Å²) in [6.45, 7) is 33.8. The molecule has 0 atom stereocenters. The molecule has 0 aliphatic rings. The van der Waals surface area contributed by atoms with E-state index < -0.39 is 0 Å². The van der Waals surface area contributed by atoms with Gasteiger partial charge in [0.1, 0.15) is 43.1 Å². The Morgan fingerprint density at radius 1 is 0.369 bits per heavy atom. The van der Waals surface area contributed by atoms with Gasteiger partial charge in [-0.3, -0.25) is 9.36 Å². The fraction of sp³-hybridized carbons (Fsp3) is 0.526. The van der Waals surface area contributed by atoms with Crippen LogP contribution in [-0.2, 0) is 14.1 Å². The molecule has 0 spiro atoms. The lowest BCUT2D eigenvalue weighted by atomic mass is 10.4. The van der Waals surface area contributed by atoms with Crippen molar-refractivity contribution in [2.75, 3.05) is 0 Å². The maximum Gasteiger partial charge on any atom is 0.223 e. The summed E-state index contributed by atoms with van der Waals surface area (Å²) in [5.41, 5.74) is 6.00. The van der Waals surface area contributed by atoms with Crippen LogP contribution in [0.3, 0.4) is 0 Å². The minimum atomic E-state index is 0.623. The fourth-order valence-electron chi connectivity index (χ4n) is 3.68. The molecular formula is C38H60N20O4S3. The first-order valence-corrected chi connectivity index (χ1v) is 21.9. The van der Waals surface area contributed by atoms with Gasteiger partial charge in [0.25, 0.3) is 0 Å². The largest absolute Gasteiger partial charge is 0.426 e. The zero-order chi connectivity index (χ0) is 49.2. The molecule has 9 rings (SSSR count). The number of aryl methyl sites for hydroxylation is 18. The molecular weight excluding hydrogens is 897 g/mol. The summed E-state index contributed by atoms with van der Waals surface area (Å²) in [7, 11) is 3.77. The molecule has 9 aromatic rings. The molecule has 0 fully saturated rings. The van der Waals surface area contributed by atoms with Gasteiger partial charge in [0.15, 0.2) is 11.6 Å². The molecule has 0 saturated heterocycles. The molecule has 0 bridgehead atoms. The third-order valence-corrected chi connectivity index (χ3v) is 9.50. The lowest BCUT2D eigenvalue weighted by Crippen LogP contribution is -1.92. The van der Waals surface area contributed by atoms with E-state index in [9.17, 15) is 0 Å². The highest BCUT2D eigenvalue weighted by atomic mass is 32.1. The highest BCUT2D eigenvalue weighted by molar-refractivity contribution is 7.11. The number of hydrogen-bond donors (Lipinski definition) is 0. The van der Waals surface area contributed by atoms with E-state index in [1.54, 1.807) is 62.2 Å². The van der Waals surface area contributed by atoms with Crippen molar-refractivity contribution in [2.24, 2.45) is 14.1 Å². The molecule has 0 saturated carbocycles. The lowest BCUT2D eigenvalue weighted by Gasteiger charge is -1.87. The van der Waals surface area contributed by atoms with Crippen LogP contribution < -0.4 is 0 Å². The summed E-state index contributed by atoms with van der Waals surface area (Å²) in [4.78, 5) is 15.7. The van der Waals surface area contributed by atoms with Crippen molar-refractivity contribution in [2.45, 2.75) is 125 Å². The van der Waals surface area contributed by atoms with Gasteiger partial charge in [-0.05, 0) is 120 Å². The summed E-state index contributed by atoms with van der Waals surface area (Å²) in [5.74, 6) is 5.63. The Morgan fingerprint density at radius 2 is 0.738 bits per heavy atom. The van der Waals surface area contributed by atoms with Crippen molar-refractivity contribution in [3.63, 3.8) is 0 Å². The molecule has 27 heteroatoms. The first-order valence-electron chi connectivity index (χ1n) is 19.5. The minimum absolute atomic E-state index is 0.623. The zero-order valence-electron chi connectivity index (χ0n) is 40.8. The predicted octanol–water partition coefficient (Wildman–Crippen LogP) is 7.07. The van der Waals surface area contributed by atoms with E-state index in [-0.39, 0.29) is 0 Å². The van der Waals surface area contributed by atoms with Crippen LogP contribution in [0, 0.1) is 125 Å². The van der Waals surface area contributed by atoms with Crippen LogP contribution in [0.15, 0.2) is 18.1 Å². The van der Waals surface area contributed by atoms with Crippen LogP contribution in [0.25, 0.3) is 0 Å². The Labute approximate surface area is 390 Å². The molecule has 9 aromatic heterocycles. The minimum Gasteiger partial charge on any atom is -0.426 e. The van der Waals surface area contributed by atoms with Crippen LogP contribution in [0.1, 0.15) is 101 Å². The SMILES string of the molecule is Cc1nnc(C)o1.Cc1nnc(C)s1.Cc1nnn(C)c1C.Cc1nnn(C)c1C.Cc1noc(C)n1.Cc1noc(C)n1.Cc1nonc1C.Cc1nsc(C)n1.Cc1nsc(C)n1. The molecule has 0 amide bonds. The third-order valence-electron chi connectivity index (χ3n) is 7.33. The van der Waals surface area contributed by atoms with E-state index in [1.165, 1.54) is 23.1 Å². The molecule has 0 aliphatic carbocycles. The topological polar surface area (TPSA) is 294 Å². The van der Waals surface area contributed by atoms with Crippen molar-refractivity contribution in [3.05, 3.63) is 101 Å². The van der Waals surface area contributed by atoms with Gasteiger partial charge in [0.2, 0.25) is 23.6 Å². The van der Waals surface area contributed by atoms with E-state index in [4.69, 9.17) is 4.42 Å². The van der Waals surface area contributed by atoms with Crippen molar-refractivity contribution in [3.8, 4) is 0 Å². The number of hydrogen-bond acceptors (Lipinski definition) is 25. The summed E-state index contributed by atoms with van der Waals surface area (Å²) in [6, 6.07) is 0. The van der Waals surface area contributed by atoms with E-state index >= 15 is 0 Å². The van der Waals surface area contributed by atoms with Gasteiger partial charge in [-0.25, -0.2) is 14.6 Å². The molecule has 0 N–H and O–H groups in total. The van der Waals surface area contributed by atoms with Crippen LogP contribution in [-0.4, -0.2) is 99.7 Å². The van der Waals surface area contributed by atoms with E-state index in [2.05, 4.69) is 104 Å². The summed E-state index contributed by atoms with van der Waals surface area (Å²) < 4.78 is 29.8.